The molecule has 94 valence electrons. The van der Waals surface area contributed by atoms with Crippen molar-refractivity contribution in [1.82, 2.24) is 10.2 Å². The average molecular weight is 253 g/mol. The molecule has 1 aromatic heterocycles. The molecule has 2 aromatic rings. The van der Waals surface area contributed by atoms with Crippen molar-refractivity contribution in [2.24, 2.45) is 0 Å². The third-order valence-corrected chi connectivity index (χ3v) is 2.31. The van der Waals surface area contributed by atoms with Gasteiger partial charge in [0, 0.05) is 12.3 Å². The number of hydrogen-bond acceptors (Lipinski definition) is 3. The first kappa shape index (κ1) is 12.0. The Balaban J connectivity index is 2.22. The van der Waals surface area contributed by atoms with Crippen LogP contribution in [0.4, 0.5) is 14.5 Å². The number of nitrogens with one attached hydrogen (secondary N) is 2. The molecule has 0 aliphatic carbocycles. The number of rotatable bonds is 4. The van der Waals surface area contributed by atoms with E-state index in [0.717, 1.165) is 6.07 Å². The van der Waals surface area contributed by atoms with Crippen LogP contribution in [-0.2, 0) is 6.54 Å². The lowest BCUT2D eigenvalue weighted by Gasteiger charge is -2.08. The van der Waals surface area contributed by atoms with Crippen LogP contribution in [0.25, 0.3) is 0 Å². The van der Waals surface area contributed by atoms with E-state index in [1.54, 1.807) is 6.07 Å². The van der Waals surface area contributed by atoms with Gasteiger partial charge in [-0.1, -0.05) is 0 Å². The average Bonchev–Trinajstić information content (AvgIpc) is 2.80. The lowest BCUT2D eigenvalue weighted by molar-refractivity contribution is 0.0692. The summed E-state index contributed by atoms with van der Waals surface area (Å²) in [4.78, 5) is 10.7. The van der Waals surface area contributed by atoms with Gasteiger partial charge in [0.1, 0.15) is 11.6 Å². The SMILES string of the molecule is O=C(O)c1cc(NCc2ccn[nH]2)c(F)cc1F. The summed E-state index contributed by atoms with van der Waals surface area (Å²) in [6.45, 7) is 0.224. The molecule has 0 atom stereocenters. The predicted molar refractivity (Wildman–Crippen MR) is 59.2 cm³/mol. The van der Waals surface area contributed by atoms with Gasteiger partial charge < -0.3 is 10.4 Å². The first-order valence-corrected chi connectivity index (χ1v) is 5.02. The monoisotopic (exact) mass is 253 g/mol. The standard InChI is InChI=1S/C11H9F2N3O2/c12-8-4-9(13)10(3-7(8)11(17)18)14-5-6-1-2-15-16-6/h1-4,14H,5H2,(H,15,16)(H,17,18). The Labute approximate surface area is 100 Å². The summed E-state index contributed by atoms with van der Waals surface area (Å²) in [5.74, 6) is -3.40. The van der Waals surface area contributed by atoms with Crippen LogP contribution in [0.1, 0.15) is 16.1 Å². The maximum atomic E-state index is 13.4. The van der Waals surface area contributed by atoms with E-state index < -0.39 is 23.2 Å². The molecule has 1 heterocycles. The van der Waals surface area contributed by atoms with E-state index in [1.807, 2.05) is 0 Å². The van der Waals surface area contributed by atoms with Crippen LogP contribution in [-0.4, -0.2) is 21.3 Å². The number of H-pyrrole nitrogens is 1. The molecule has 7 heteroatoms. The zero-order chi connectivity index (χ0) is 13.1. The first-order chi connectivity index (χ1) is 8.58. The lowest BCUT2D eigenvalue weighted by atomic mass is 10.1. The van der Waals surface area contributed by atoms with Gasteiger partial charge >= 0.3 is 5.97 Å². The summed E-state index contributed by atoms with van der Waals surface area (Å²) in [5.41, 5.74) is 0.0301. The number of carbonyl (C=O) groups is 1. The summed E-state index contributed by atoms with van der Waals surface area (Å²) in [6.07, 6.45) is 1.53. The number of hydrogen-bond donors (Lipinski definition) is 3. The largest absolute Gasteiger partial charge is 0.478 e. The normalized spacial score (nSPS) is 10.3. The molecule has 1 aromatic carbocycles. The zero-order valence-electron chi connectivity index (χ0n) is 9.08. The molecule has 0 saturated heterocycles. The number of anilines is 1. The number of aromatic amines is 1. The molecule has 0 saturated carbocycles. The van der Waals surface area contributed by atoms with Crippen LogP contribution < -0.4 is 5.32 Å². The van der Waals surface area contributed by atoms with Gasteiger partial charge in [0.25, 0.3) is 0 Å². The van der Waals surface area contributed by atoms with Crippen molar-refractivity contribution in [3.8, 4) is 0 Å². The minimum atomic E-state index is -1.45. The first-order valence-electron chi connectivity index (χ1n) is 5.02. The van der Waals surface area contributed by atoms with E-state index in [0.29, 0.717) is 11.8 Å². The second-order valence-corrected chi connectivity index (χ2v) is 3.55. The molecule has 18 heavy (non-hydrogen) atoms. The van der Waals surface area contributed by atoms with E-state index >= 15 is 0 Å². The summed E-state index contributed by atoms with van der Waals surface area (Å²) >= 11 is 0. The van der Waals surface area contributed by atoms with Crippen molar-refractivity contribution in [1.29, 1.82) is 0 Å². The minimum Gasteiger partial charge on any atom is -0.478 e. The highest BCUT2D eigenvalue weighted by atomic mass is 19.1. The van der Waals surface area contributed by atoms with Gasteiger partial charge in [-0.3, -0.25) is 5.10 Å². The van der Waals surface area contributed by atoms with Gasteiger partial charge in [-0.15, -0.1) is 0 Å². The molecule has 3 N–H and O–H groups in total. The maximum Gasteiger partial charge on any atom is 0.338 e. The Morgan fingerprint density at radius 1 is 1.39 bits per heavy atom. The zero-order valence-corrected chi connectivity index (χ0v) is 9.08. The maximum absolute atomic E-state index is 13.4. The minimum absolute atomic E-state index is 0.0802. The summed E-state index contributed by atoms with van der Waals surface area (Å²) < 4.78 is 26.5. The summed E-state index contributed by atoms with van der Waals surface area (Å²) in [7, 11) is 0. The van der Waals surface area contributed by atoms with Crippen LogP contribution in [0.15, 0.2) is 24.4 Å². The van der Waals surface area contributed by atoms with Crippen molar-refractivity contribution < 1.29 is 18.7 Å². The Morgan fingerprint density at radius 2 is 2.17 bits per heavy atom. The summed E-state index contributed by atoms with van der Waals surface area (Å²) in [5, 5.41) is 17.7. The van der Waals surface area contributed by atoms with Gasteiger partial charge in [0.05, 0.1) is 23.5 Å². The molecule has 0 unspecified atom stereocenters. The van der Waals surface area contributed by atoms with E-state index in [4.69, 9.17) is 5.11 Å². The number of halogens is 2. The molecule has 0 aliphatic rings. The van der Waals surface area contributed by atoms with Gasteiger partial charge in [0.15, 0.2) is 0 Å². The van der Waals surface area contributed by atoms with Crippen molar-refractivity contribution in [3.63, 3.8) is 0 Å². The van der Waals surface area contributed by atoms with E-state index in [2.05, 4.69) is 15.5 Å². The number of benzene rings is 1. The van der Waals surface area contributed by atoms with Crippen molar-refractivity contribution in [2.75, 3.05) is 5.32 Å². The van der Waals surface area contributed by atoms with Gasteiger partial charge in [-0.25, -0.2) is 13.6 Å². The third kappa shape index (κ3) is 2.45. The van der Waals surface area contributed by atoms with Gasteiger partial charge in [0.2, 0.25) is 0 Å². The number of aromatic carboxylic acids is 1. The highest BCUT2D eigenvalue weighted by molar-refractivity contribution is 5.89. The lowest BCUT2D eigenvalue weighted by Crippen LogP contribution is -2.07. The van der Waals surface area contributed by atoms with E-state index in [9.17, 15) is 13.6 Å². The molecule has 0 amide bonds. The van der Waals surface area contributed by atoms with Crippen LogP contribution in [0.2, 0.25) is 0 Å². The Bertz CT molecular complexity index is 570. The molecule has 0 spiro atoms. The predicted octanol–water partition coefficient (Wildman–Crippen LogP) is 2.00. The van der Waals surface area contributed by atoms with Crippen LogP contribution in [0.5, 0.6) is 0 Å². The Kier molecular flexibility index (Phi) is 3.22. The topological polar surface area (TPSA) is 78.0 Å². The molecular formula is C11H9F2N3O2. The molecule has 0 bridgehead atoms. The third-order valence-electron chi connectivity index (χ3n) is 2.31. The molecule has 2 rings (SSSR count). The fourth-order valence-electron chi connectivity index (χ4n) is 1.42. The van der Waals surface area contributed by atoms with Crippen molar-refractivity contribution in [2.45, 2.75) is 6.54 Å². The van der Waals surface area contributed by atoms with Crippen molar-refractivity contribution in [3.05, 3.63) is 47.3 Å². The number of nitrogens with zero attached hydrogens (tertiary/aromatic N) is 1. The van der Waals surface area contributed by atoms with Crippen LogP contribution in [0.3, 0.4) is 0 Å². The molecular weight excluding hydrogens is 244 g/mol. The van der Waals surface area contributed by atoms with Gasteiger partial charge in [-0.05, 0) is 12.1 Å². The van der Waals surface area contributed by atoms with E-state index in [-0.39, 0.29) is 12.2 Å². The number of aromatic nitrogens is 2. The molecule has 5 nitrogen and oxygen atoms in total. The quantitative estimate of drug-likeness (QED) is 0.778. The summed E-state index contributed by atoms with van der Waals surface area (Å²) in [6, 6.07) is 3.13. The smallest absolute Gasteiger partial charge is 0.338 e. The van der Waals surface area contributed by atoms with Gasteiger partial charge in [-0.2, -0.15) is 5.10 Å². The van der Waals surface area contributed by atoms with Crippen LogP contribution in [0, 0.1) is 11.6 Å². The second-order valence-electron chi connectivity index (χ2n) is 3.55. The molecule has 0 radical (unpaired) electrons. The second kappa shape index (κ2) is 4.82. The fourth-order valence-corrected chi connectivity index (χ4v) is 1.42. The Morgan fingerprint density at radius 3 is 2.78 bits per heavy atom. The molecule has 0 fully saturated rings. The van der Waals surface area contributed by atoms with Crippen molar-refractivity contribution >= 4 is 11.7 Å². The number of carboxylic acids is 1. The van der Waals surface area contributed by atoms with E-state index in [1.165, 1.54) is 6.20 Å². The molecule has 0 aliphatic heterocycles. The van der Waals surface area contributed by atoms with Crippen LogP contribution >= 0.6 is 0 Å². The number of carboxylic acid groups (broad SMARTS) is 1. The highest BCUT2D eigenvalue weighted by Crippen LogP contribution is 2.20. The highest BCUT2D eigenvalue weighted by Gasteiger charge is 2.15. The Hall–Kier alpha value is -2.44. The fraction of sp³-hybridized carbons (Fsp3) is 0.0909.